The zero-order valence-corrected chi connectivity index (χ0v) is 47.0. The van der Waals surface area contributed by atoms with Gasteiger partial charge in [-0.2, -0.15) is 0 Å². The maximum Gasteiger partial charge on any atom is 0.159 e. The Bertz CT molecular complexity index is 4310. The molecule has 0 aliphatic heterocycles. The molecule has 0 atom stereocenters. The number of benzene rings is 9. The number of fused-ring (bicyclic) bond motifs is 9. The van der Waals surface area contributed by atoms with Crippen molar-refractivity contribution in [3.8, 4) is 50.7 Å². The molecular weight excluding hydrogens is 935 g/mol. The summed E-state index contributed by atoms with van der Waals surface area (Å²) >= 11 is 0. The second kappa shape index (κ2) is 17.5. The Morgan fingerprint density at radius 2 is 0.649 bits per heavy atom. The van der Waals surface area contributed by atoms with Gasteiger partial charge in [0.25, 0.3) is 0 Å². The van der Waals surface area contributed by atoms with Crippen LogP contribution in [0, 0.1) is 96.9 Å². The van der Waals surface area contributed by atoms with Crippen LogP contribution in [-0.2, 0) is 0 Å². The summed E-state index contributed by atoms with van der Waals surface area (Å²) in [6, 6.07) is 52.9. The summed E-state index contributed by atoms with van der Waals surface area (Å²) in [7, 11) is 0. The minimum absolute atomic E-state index is 0.712. The van der Waals surface area contributed by atoms with Crippen LogP contribution in [0.5, 0.6) is 0 Å². The van der Waals surface area contributed by atoms with Crippen LogP contribution in [0.1, 0.15) is 78.1 Å². The molecule has 0 saturated carbocycles. The predicted octanol–water partition coefficient (Wildman–Crippen LogP) is 19.1. The molecule has 0 unspecified atom stereocenters. The lowest BCUT2D eigenvalue weighted by Crippen LogP contribution is -2.06. The van der Waals surface area contributed by atoms with Crippen LogP contribution in [0.2, 0.25) is 0 Å². The van der Waals surface area contributed by atoms with Gasteiger partial charge in [-0.3, -0.25) is 0 Å². The highest BCUT2D eigenvalue weighted by Gasteiger charge is 2.29. The van der Waals surface area contributed by atoms with E-state index >= 15 is 0 Å². The zero-order valence-electron chi connectivity index (χ0n) is 47.0. The third kappa shape index (κ3) is 7.27. The molecule has 0 N–H and O–H groups in total. The molecule has 9 aromatic carbocycles. The highest BCUT2D eigenvalue weighted by Crippen LogP contribution is 2.49. The Balaban J connectivity index is 1.22. The van der Waals surface area contributed by atoms with Gasteiger partial charge in [0.2, 0.25) is 0 Å². The number of aromatic nitrogens is 5. The normalized spacial score (nSPS) is 12.0. The molecule has 0 aliphatic carbocycles. The van der Waals surface area contributed by atoms with Crippen molar-refractivity contribution in [2.75, 3.05) is 0 Å². The van der Waals surface area contributed by atoms with Gasteiger partial charge in [0.1, 0.15) is 0 Å². The fourth-order valence-electron chi connectivity index (χ4n) is 13.1. The molecule has 0 spiro atoms. The monoisotopic (exact) mass is 1000 g/mol. The van der Waals surface area contributed by atoms with Gasteiger partial charge in [0, 0.05) is 71.8 Å². The molecule has 5 nitrogen and oxygen atoms in total. The van der Waals surface area contributed by atoms with Crippen molar-refractivity contribution in [3.63, 3.8) is 0 Å². The van der Waals surface area contributed by atoms with Crippen LogP contribution in [0.25, 0.3) is 116 Å². The van der Waals surface area contributed by atoms with Gasteiger partial charge in [0.15, 0.2) is 5.82 Å². The Hall–Kier alpha value is -8.54. The maximum absolute atomic E-state index is 5.22. The number of nitrogens with zero attached hydrogens (tertiary/aromatic N) is 5. The lowest BCUT2D eigenvalue weighted by atomic mass is 9.90. The van der Waals surface area contributed by atoms with E-state index in [0.717, 1.165) is 56.3 Å². The molecule has 77 heavy (non-hydrogen) atoms. The lowest BCUT2D eigenvalue weighted by molar-refractivity contribution is 1.06. The van der Waals surface area contributed by atoms with Crippen molar-refractivity contribution in [3.05, 3.63) is 218 Å². The number of hydrogen-bond donors (Lipinski definition) is 0. The van der Waals surface area contributed by atoms with Gasteiger partial charge in [-0.1, -0.05) is 70.8 Å². The van der Waals surface area contributed by atoms with E-state index in [1.807, 2.05) is 0 Å². The second-order valence-corrected chi connectivity index (χ2v) is 22.5. The van der Waals surface area contributed by atoms with E-state index in [0.29, 0.717) is 5.82 Å². The molecule has 0 fully saturated rings. The molecule has 13 aromatic rings. The van der Waals surface area contributed by atoms with E-state index in [4.69, 9.17) is 9.97 Å². The van der Waals surface area contributed by atoms with E-state index in [9.17, 15) is 0 Å². The van der Waals surface area contributed by atoms with Crippen molar-refractivity contribution in [1.29, 1.82) is 0 Å². The first-order chi connectivity index (χ1) is 37.0. The zero-order chi connectivity index (χ0) is 53.6. The van der Waals surface area contributed by atoms with E-state index in [1.54, 1.807) is 0 Å². The van der Waals surface area contributed by atoms with Gasteiger partial charge in [-0.15, -0.1) is 0 Å². The summed E-state index contributed by atoms with van der Waals surface area (Å²) in [6.45, 7) is 31.6. The van der Waals surface area contributed by atoms with Crippen LogP contribution in [0.4, 0.5) is 0 Å². The fourth-order valence-corrected chi connectivity index (χ4v) is 13.1. The Morgan fingerprint density at radius 3 is 1.01 bits per heavy atom. The van der Waals surface area contributed by atoms with Crippen molar-refractivity contribution >= 4 is 65.4 Å². The SMILES string of the molecule is Cc1ccc2c(c1)c1cc(C)ccc1n2-c1cccc(-c2cc(-c3nc(C)cc(C)n3)cc(-c3cccc(-n4c5ccc(C)cc5c5cc(C)ccc54)c3)c2-n2c3c(C)c(C)c(C)c(C)c3c3c(C)c(C)c(C)c(C)c32)c1. The standard InChI is InChI=1S/C72H65N5/c1-38-21-25-63-59(29-38)60-30-39(2)22-26-64(60)75(63)55-19-15-17-52(34-55)57-36-54(72-73-42(5)33-43(6)74-72)37-58(53-18-16-20-56(35-53)76-65-27-23-40(3)31-61(65)62-32-41(4)24-28-66(62)76)71(57)77-69-50(13)46(9)44(7)48(11)67(69)68-49(12)45(8)47(10)51(14)70(68)77/h15-37H,1-14H3. The summed E-state index contributed by atoms with van der Waals surface area (Å²) in [5, 5.41) is 7.71. The molecule has 13 rings (SSSR count). The van der Waals surface area contributed by atoms with Gasteiger partial charge < -0.3 is 13.7 Å². The van der Waals surface area contributed by atoms with Crippen LogP contribution >= 0.6 is 0 Å². The van der Waals surface area contributed by atoms with Crippen molar-refractivity contribution in [2.24, 2.45) is 0 Å². The highest BCUT2D eigenvalue weighted by molar-refractivity contribution is 6.17. The largest absolute Gasteiger partial charge is 0.309 e. The summed E-state index contributed by atoms with van der Waals surface area (Å²) in [4.78, 5) is 10.4. The fraction of sp³-hybridized carbons (Fsp3) is 0.194. The second-order valence-electron chi connectivity index (χ2n) is 22.5. The van der Waals surface area contributed by atoms with Crippen molar-refractivity contribution in [1.82, 2.24) is 23.7 Å². The topological polar surface area (TPSA) is 40.6 Å². The average molecular weight is 1000 g/mol. The van der Waals surface area contributed by atoms with Gasteiger partial charge in [-0.05, 0) is 244 Å². The number of aryl methyl sites for hydroxylation is 10. The molecule has 5 heteroatoms. The first kappa shape index (κ1) is 48.1. The van der Waals surface area contributed by atoms with E-state index in [-0.39, 0.29) is 0 Å². The molecule has 378 valence electrons. The van der Waals surface area contributed by atoms with Crippen LogP contribution < -0.4 is 0 Å². The molecule has 0 amide bonds. The molecule has 0 saturated heterocycles. The quantitative estimate of drug-likeness (QED) is 0.167. The molecule has 4 aromatic heterocycles. The summed E-state index contributed by atoms with van der Waals surface area (Å²) in [5.41, 5.74) is 33.5. The van der Waals surface area contributed by atoms with Crippen LogP contribution in [0.3, 0.4) is 0 Å². The van der Waals surface area contributed by atoms with Gasteiger partial charge in [-0.25, -0.2) is 9.97 Å². The Kier molecular flexibility index (Phi) is 10.9. The minimum Gasteiger partial charge on any atom is -0.309 e. The van der Waals surface area contributed by atoms with Crippen molar-refractivity contribution in [2.45, 2.75) is 96.9 Å². The summed E-state index contributed by atoms with van der Waals surface area (Å²) in [5.74, 6) is 0.712. The molecular formula is C72H65N5. The highest BCUT2D eigenvalue weighted by atomic mass is 15.0. The summed E-state index contributed by atoms with van der Waals surface area (Å²) in [6.07, 6.45) is 0. The Labute approximate surface area is 452 Å². The lowest BCUT2D eigenvalue weighted by Gasteiger charge is -2.24. The summed E-state index contributed by atoms with van der Waals surface area (Å²) < 4.78 is 7.60. The van der Waals surface area contributed by atoms with Gasteiger partial charge >= 0.3 is 0 Å². The Morgan fingerprint density at radius 1 is 0.299 bits per heavy atom. The maximum atomic E-state index is 5.22. The third-order valence-electron chi connectivity index (χ3n) is 17.6. The van der Waals surface area contributed by atoms with Gasteiger partial charge in [0.05, 0.1) is 38.8 Å². The molecule has 0 radical (unpaired) electrons. The van der Waals surface area contributed by atoms with E-state index < -0.39 is 0 Å². The first-order valence-electron chi connectivity index (χ1n) is 27.2. The van der Waals surface area contributed by atoms with E-state index in [1.165, 1.54) is 132 Å². The van der Waals surface area contributed by atoms with Crippen molar-refractivity contribution < 1.29 is 0 Å². The number of rotatable bonds is 6. The molecule has 4 heterocycles. The molecule has 0 bridgehead atoms. The minimum atomic E-state index is 0.712. The van der Waals surface area contributed by atoms with Crippen LogP contribution in [0.15, 0.2) is 140 Å². The predicted molar refractivity (Wildman–Crippen MR) is 328 cm³/mol. The third-order valence-corrected chi connectivity index (χ3v) is 17.6. The van der Waals surface area contributed by atoms with Crippen LogP contribution in [-0.4, -0.2) is 23.7 Å². The molecule has 0 aliphatic rings. The first-order valence-corrected chi connectivity index (χ1v) is 27.2. The smallest absolute Gasteiger partial charge is 0.159 e. The number of hydrogen-bond acceptors (Lipinski definition) is 2. The average Bonchev–Trinajstić information content (AvgIpc) is 4.25. The van der Waals surface area contributed by atoms with E-state index in [2.05, 4.69) is 250 Å².